The molecule has 1 N–H and O–H groups in total. The average molecular weight is 397 g/mol. The molecule has 144 valence electrons. The number of fused-ring (bicyclic) bond motifs is 1. The number of carbonyl (C=O) groups excluding carboxylic acids is 1. The van der Waals surface area contributed by atoms with Crippen molar-refractivity contribution in [2.45, 2.75) is 65.1 Å². The van der Waals surface area contributed by atoms with E-state index in [9.17, 15) is 4.79 Å². The molecule has 0 bridgehead atoms. The first-order valence-corrected chi connectivity index (χ1v) is 10.7. The Morgan fingerprint density at radius 3 is 2.65 bits per heavy atom. The molecule has 1 aromatic heterocycles. The van der Waals surface area contributed by atoms with Crippen molar-refractivity contribution in [3.8, 4) is 0 Å². The maximum absolute atomic E-state index is 12.6. The number of thiocarbonyl (C=S) groups is 1. The predicted octanol–water partition coefficient (Wildman–Crippen LogP) is 4.00. The van der Waals surface area contributed by atoms with Gasteiger partial charge in [-0.25, -0.2) is 4.79 Å². The number of aryl methyl sites for hydroxylation is 1. The molecule has 0 radical (unpaired) electrons. The molecule has 26 heavy (non-hydrogen) atoms. The minimum Gasteiger partial charge on any atom is -0.462 e. The summed E-state index contributed by atoms with van der Waals surface area (Å²) in [6.07, 6.45) is 5.78. The fourth-order valence-electron chi connectivity index (χ4n) is 3.77. The fourth-order valence-corrected chi connectivity index (χ4v) is 5.36. The molecule has 1 aliphatic heterocycles. The number of carbonyl (C=O) groups is 1. The third-order valence-electron chi connectivity index (χ3n) is 4.83. The molecule has 5 nitrogen and oxygen atoms in total. The second-order valence-corrected chi connectivity index (χ2v) is 8.57. The van der Waals surface area contributed by atoms with Crippen LogP contribution in [-0.2, 0) is 22.3 Å². The number of morpholine rings is 1. The Kier molecular flexibility index (Phi) is 6.53. The van der Waals surface area contributed by atoms with Gasteiger partial charge >= 0.3 is 5.97 Å². The highest BCUT2D eigenvalue weighted by Crippen LogP contribution is 2.38. The van der Waals surface area contributed by atoms with E-state index in [1.807, 2.05) is 6.92 Å². The van der Waals surface area contributed by atoms with Crippen LogP contribution < -0.4 is 5.32 Å². The number of ether oxygens (including phenoxy) is 2. The first-order chi connectivity index (χ1) is 12.5. The number of hydrogen-bond donors (Lipinski definition) is 1. The molecule has 3 rings (SSSR count). The lowest BCUT2D eigenvalue weighted by atomic mass is 10.1. The number of thiophene rings is 1. The molecule has 1 saturated heterocycles. The van der Waals surface area contributed by atoms with Crippen molar-refractivity contribution in [3.05, 3.63) is 16.0 Å². The molecule has 1 fully saturated rings. The van der Waals surface area contributed by atoms with Crippen LogP contribution >= 0.6 is 23.6 Å². The molecule has 0 aromatic carbocycles. The average Bonchev–Trinajstić information content (AvgIpc) is 2.75. The highest BCUT2D eigenvalue weighted by molar-refractivity contribution is 7.80. The molecule has 0 saturated carbocycles. The van der Waals surface area contributed by atoms with Crippen molar-refractivity contribution in [1.29, 1.82) is 0 Å². The molecule has 2 atom stereocenters. The van der Waals surface area contributed by atoms with Gasteiger partial charge in [0, 0.05) is 18.0 Å². The Hall–Kier alpha value is -1.18. The zero-order valence-electron chi connectivity index (χ0n) is 15.8. The summed E-state index contributed by atoms with van der Waals surface area (Å²) in [5.41, 5.74) is 1.87. The van der Waals surface area contributed by atoms with E-state index < -0.39 is 0 Å². The number of hydrogen-bond acceptors (Lipinski definition) is 5. The zero-order valence-corrected chi connectivity index (χ0v) is 17.4. The second kappa shape index (κ2) is 8.67. The summed E-state index contributed by atoms with van der Waals surface area (Å²) >= 11 is 7.32. The summed E-state index contributed by atoms with van der Waals surface area (Å²) in [6, 6.07) is 0. The van der Waals surface area contributed by atoms with Gasteiger partial charge in [0.2, 0.25) is 0 Å². The monoisotopic (exact) mass is 396 g/mol. The second-order valence-electron chi connectivity index (χ2n) is 7.08. The van der Waals surface area contributed by atoms with Crippen LogP contribution in [0.2, 0.25) is 0 Å². The maximum Gasteiger partial charge on any atom is 0.341 e. The molecule has 7 heteroatoms. The molecule has 1 aliphatic carbocycles. The quantitative estimate of drug-likeness (QED) is 0.473. The summed E-state index contributed by atoms with van der Waals surface area (Å²) in [6.45, 7) is 7.86. The summed E-state index contributed by atoms with van der Waals surface area (Å²) in [5.74, 6) is -0.235. The van der Waals surface area contributed by atoms with Crippen LogP contribution in [0.1, 0.15) is 60.8 Å². The number of rotatable bonds is 3. The van der Waals surface area contributed by atoms with Crippen molar-refractivity contribution in [2.24, 2.45) is 0 Å². The summed E-state index contributed by atoms with van der Waals surface area (Å²) in [7, 11) is 0. The Morgan fingerprint density at radius 2 is 1.96 bits per heavy atom. The Morgan fingerprint density at radius 1 is 1.27 bits per heavy atom. The SMILES string of the molecule is CCOC(=O)c1c(NC(=S)N2C[C@H](C)O[C@@H](C)C2)sc2c1CCCCC2. The van der Waals surface area contributed by atoms with Crippen LogP contribution in [0.25, 0.3) is 0 Å². The van der Waals surface area contributed by atoms with E-state index in [0.29, 0.717) is 17.3 Å². The molecular formula is C19H28N2O3S2. The van der Waals surface area contributed by atoms with Crippen molar-refractivity contribution >= 4 is 39.6 Å². The van der Waals surface area contributed by atoms with E-state index in [0.717, 1.165) is 37.4 Å². The van der Waals surface area contributed by atoms with Gasteiger partial charge in [0.25, 0.3) is 0 Å². The number of esters is 1. The zero-order chi connectivity index (χ0) is 18.7. The van der Waals surface area contributed by atoms with E-state index in [1.54, 1.807) is 11.3 Å². The lowest BCUT2D eigenvalue weighted by Gasteiger charge is -2.36. The van der Waals surface area contributed by atoms with Gasteiger partial charge in [0.1, 0.15) is 5.00 Å². The van der Waals surface area contributed by atoms with Crippen LogP contribution in [0.3, 0.4) is 0 Å². The molecule has 0 spiro atoms. The van der Waals surface area contributed by atoms with E-state index >= 15 is 0 Å². The topological polar surface area (TPSA) is 50.8 Å². The van der Waals surface area contributed by atoms with Crippen LogP contribution in [0, 0.1) is 0 Å². The van der Waals surface area contributed by atoms with Crippen molar-refractivity contribution in [2.75, 3.05) is 25.0 Å². The van der Waals surface area contributed by atoms with Crippen LogP contribution in [0.5, 0.6) is 0 Å². The first kappa shape index (κ1) is 19.6. The summed E-state index contributed by atoms with van der Waals surface area (Å²) in [4.78, 5) is 16.1. The van der Waals surface area contributed by atoms with E-state index in [2.05, 4.69) is 24.1 Å². The van der Waals surface area contributed by atoms with Gasteiger partial charge in [0.15, 0.2) is 5.11 Å². The van der Waals surface area contributed by atoms with E-state index in [-0.39, 0.29) is 18.2 Å². The number of nitrogens with one attached hydrogen (secondary N) is 1. The van der Waals surface area contributed by atoms with Gasteiger partial charge in [-0.2, -0.15) is 0 Å². The minimum atomic E-state index is -0.235. The maximum atomic E-state index is 12.6. The molecule has 2 aliphatic rings. The van der Waals surface area contributed by atoms with E-state index in [4.69, 9.17) is 21.7 Å². The van der Waals surface area contributed by atoms with E-state index in [1.165, 1.54) is 23.3 Å². The first-order valence-electron chi connectivity index (χ1n) is 9.52. The molecular weight excluding hydrogens is 368 g/mol. The van der Waals surface area contributed by atoms with Crippen LogP contribution in [0.4, 0.5) is 5.00 Å². The van der Waals surface area contributed by atoms with Gasteiger partial charge in [0.05, 0.1) is 24.4 Å². The molecule has 1 aromatic rings. The van der Waals surface area contributed by atoms with Crippen LogP contribution in [0.15, 0.2) is 0 Å². The minimum absolute atomic E-state index is 0.142. The summed E-state index contributed by atoms with van der Waals surface area (Å²) in [5, 5.41) is 4.86. The fraction of sp³-hybridized carbons (Fsp3) is 0.684. The van der Waals surface area contributed by atoms with Crippen molar-refractivity contribution in [1.82, 2.24) is 4.90 Å². The molecule has 2 heterocycles. The predicted molar refractivity (Wildman–Crippen MR) is 109 cm³/mol. The molecule has 0 unspecified atom stereocenters. The third kappa shape index (κ3) is 4.38. The highest BCUT2D eigenvalue weighted by Gasteiger charge is 2.28. The molecule has 0 amide bonds. The van der Waals surface area contributed by atoms with Gasteiger partial charge in [-0.05, 0) is 64.2 Å². The summed E-state index contributed by atoms with van der Waals surface area (Å²) < 4.78 is 11.1. The normalized spacial score (nSPS) is 23.1. The van der Waals surface area contributed by atoms with Crippen molar-refractivity contribution in [3.63, 3.8) is 0 Å². The lowest BCUT2D eigenvalue weighted by molar-refractivity contribution is -0.0473. The van der Waals surface area contributed by atoms with Crippen molar-refractivity contribution < 1.29 is 14.3 Å². The highest BCUT2D eigenvalue weighted by atomic mass is 32.1. The van der Waals surface area contributed by atoms with Crippen LogP contribution in [-0.4, -0.2) is 47.9 Å². The van der Waals surface area contributed by atoms with Gasteiger partial charge < -0.3 is 19.7 Å². The largest absolute Gasteiger partial charge is 0.462 e. The number of anilines is 1. The van der Waals surface area contributed by atoms with Gasteiger partial charge in [-0.15, -0.1) is 11.3 Å². The Bertz CT molecular complexity index is 664. The lowest BCUT2D eigenvalue weighted by Crippen LogP contribution is -2.49. The third-order valence-corrected chi connectivity index (χ3v) is 6.40. The number of nitrogens with zero attached hydrogens (tertiary/aromatic N) is 1. The smallest absolute Gasteiger partial charge is 0.341 e. The Balaban J connectivity index is 1.84. The van der Waals surface area contributed by atoms with Gasteiger partial charge in [-0.3, -0.25) is 0 Å². The Labute approximate surface area is 165 Å². The van der Waals surface area contributed by atoms with Gasteiger partial charge in [-0.1, -0.05) is 6.42 Å². The standard InChI is InChI=1S/C19H28N2O3S2/c1-4-23-18(22)16-14-8-6-5-7-9-15(14)26-17(16)20-19(25)21-10-12(2)24-13(3)11-21/h12-13H,4-11H2,1-3H3,(H,20,25)/t12-,13-/m0/s1.